The summed E-state index contributed by atoms with van der Waals surface area (Å²) in [6, 6.07) is 6.26. The molecule has 32 heavy (non-hydrogen) atoms. The van der Waals surface area contributed by atoms with E-state index >= 15 is 0 Å². The Morgan fingerprint density at radius 3 is 2.38 bits per heavy atom. The van der Waals surface area contributed by atoms with Crippen molar-refractivity contribution in [3.8, 4) is 22.8 Å². The van der Waals surface area contributed by atoms with Crippen LogP contribution in [0.1, 0.15) is 32.4 Å². The van der Waals surface area contributed by atoms with E-state index in [0.717, 1.165) is 52.9 Å². The Morgan fingerprint density at radius 1 is 1.03 bits per heavy atom. The molecule has 165 valence electrons. The third-order valence-electron chi connectivity index (χ3n) is 6.39. The maximum Gasteiger partial charge on any atom is 0.359 e. The summed E-state index contributed by atoms with van der Waals surface area (Å²) >= 11 is 2.20. The molecule has 0 saturated carbocycles. The van der Waals surface area contributed by atoms with Gasteiger partial charge >= 0.3 is 5.27 Å². The van der Waals surface area contributed by atoms with E-state index in [1.165, 1.54) is 12.8 Å². The molecule has 8 nitrogen and oxygen atoms in total. The number of rotatable bonds is 4. The Labute approximate surface area is 202 Å². The van der Waals surface area contributed by atoms with Crippen LogP contribution in [-0.4, -0.2) is 52.4 Å². The van der Waals surface area contributed by atoms with Gasteiger partial charge in [0.2, 0.25) is 0 Å². The Balaban J connectivity index is 1.77. The summed E-state index contributed by atoms with van der Waals surface area (Å²) in [5.74, 6) is 3.05. The lowest BCUT2D eigenvalue weighted by atomic mass is 10.0. The standard InChI is InChI=1S/C22H27BIN8/c1-14-5-6-15(2)13-30(12-14)20-11-17(18-7-9-25-29(18)4)21-16(3)27-22(31(21)28-20)19-8-10-26-32(19)23-24/h7-11,14-15H,5-6,12-13H2,1-4H3. The van der Waals surface area contributed by atoms with Gasteiger partial charge in [-0.15, -0.1) is 27.5 Å². The summed E-state index contributed by atoms with van der Waals surface area (Å²) in [6.45, 7) is 8.75. The first-order chi connectivity index (χ1) is 15.5. The molecule has 5 heterocycles. The molecular formula is C22H27BIN8. The Hall–Kier alpha value is -2.37. The molecule has 1 radical (unpaired) electrons. The fourth-order valence-corrected chi connectivity index (χ4v) is 5.19. The topological polar surface area (TPSA) is 69.1 Å². The first kappa shape index (κ1) is 21.5. The lowest BCUT2D eigenvalue weighted by Gasteiger charge is -2.26. The average molecular weight is 541 g/mol. The second kappa shape index (κ2) is 8.53. The van der Waals surface area contributed by atoms with Crippen LogP contribution in [0.2, 0.25) is 0 Å². The monoisotopic (exact) mass is 541 g/mol. The summed E-state index contributed by atoms with van der Waals surface area (Å²) in [7, 11) is 1.98. The molecule has 0 aromatic carbocycles. The molecule has 5 rings (SSSR count). The number of halogens is 1. The molecule has 0 spiro atoms. The van der Waals surface area contributed by atoms with E-state index in [2.05, 4.69) is 63.5 Å². The summed E-state index contributed by atoms with van der Waals surface area (Å²) in [5.41, 5.74) is 5.01. The van der Waals surface area contributed by atoms with Crippen LogP contribution in [0.15, 0.2) is 30.6 Å². The molecule has 0 bridgehead atoms. The normalized spacial score (nSPS) is 19.5. The highest BCUT2D eigenvalue weighted by Gasteiger charge is 2.25. The number of aromatic nitrogens is 7. The minimum Gasteiger partial charge on any atom is -0.355 e. The fourth-order valence-electron chi connectivity index (χ4n) is 4.74. The Morgan fingerprint density at radius 2 is 1.72 bits per heavy atom. The van der Waals surface area contributed by atoms with E-state index in [1.807, 2.05) is 45.3 Å². The highest BCUT2D eigenvalue weighted by molar-refractivity contribution is 14.1. The maximum atomic E-state index is 5.15. The first-order valence-corrected chi connectivity index (χ1v) is 12.3. The molecule has 1 fully saturated rings. The molecule has 10 heteroatoms. The summed E-state index contributed by atoms with van der Waals surface area (Å²) in [6.07, 6.45) is 6.16. The van der Waals surface area contributed by atoms with Gasteiger partial charge in [0.15, 0.2) is 5.82 Å². The zero-order valence-electron chi connectivity index (χ0n) is 18.9. The van der Waals surface area contributed by atoms with Crippen LogP contribution in [-0.2, 0) is 7.05 Å². The molecular weight excluding hydrogens is 514 g/mol. The van der Waals surface area contributed by atoms with E-state index < -0.39 is 0 Å². The van der Waals surface area contributed by atoms with Gasteiger partial charge in [0.05, 0.1) is 22.6 Å². The SMILES string of the molecule is Cc1nc(-c2ccnn2[B]I)n2nc(N3CC(C)CCC(C)C3)cc(-c3ccnn3C)c12. The molecule has 4 aromatic rings. The van der Waals surface area contributed by atoms with E-state index in [1.54, 1.807) is 6.20 Å². The van der Waals surface area contributed by atoms with Crippen LogP contribution in [0.3, 0.4) is 0 Å². The third kappa shape index (κ3) is 3.72. The lowest BCUT2D eigenvalue weighted by Crippen LogP contribution is -2.31. The highest BCUT2D eigenvalue weighted by atomic mass is 127. The molecule has 0 aliphatic carbocycles. The van der Waals surface area contributed by atoms with Crippen LogP contribution in [0.25, 0.3) is 28.3 Å². The number of nitrogens with zero attached hydrogens (tertiary/aromatic N) is 8. The summed E-state index contributed by atoms with van der Waals surface area (Å²) < 4.78 is 5.76. The van der Waals surface area contributed by atoms with Crippen molar-refractivity contribution < 1.29 is 0 Å². The van der Waals surface area contributed by atoms with E-state index in [0.29, 0.717) is 11.8 Å². The van der Waals surface area contributed by atoms with Gasteiger partial charge in [0.1, 0.15) is 5.82 Å². The van der Waals surface area contributed by atoms with E-state index in [4.69, 9.17) is 10.1 Å². The Bertz CT molecular complexity index is 1250. The summed E-state index contributed by atoms with van der Waals surface area (Å²) in [4.78, 5) is 7.39. The van der Waals surface area contributed by atoms with Crippen molar-refractivity contribution in [2.45, 2.75) is 33.6 Å². The van der Waals surface area contributed by atoms with Crippen LogP contribution in [0.5, 0.6) is 0 Å². The van der Waals surface area contributed by atoms with Crippen molar-refractivity contribution in [2.24, 2.45) is 18.9 Å². The smallest absolute Gasteiger partial charge is 0.355 e. The van der Waals surface area contributed by atoms with Crippen molar-refractivity contribution in [3.05, 3.63) is 36.3 Å². The second-order valence-electron chi connectivity index (χ2n) is 8.99. The third-order valence-corrected chi connectivity index (χ3v) is 6.92. The van der Waals surface area contributed by atoms with Gasteiger partial charge in [0, 0.05) is 38.1 Å². The number of fused-ring (bicyclic) bond motifs is 1. The maximum absolute atomic E-state index is 5.15. The first-order valence-electron chi connectivity index (χ1n) is 11.1. The summed E-state index contributed by atoms with van der Waals surface area (Å²) in [5, 5.41) is 15.9. The molecule has 0 N–H and O–H groups in total. The van der Waals surface area contributed by atoms with Crippen molar-refractivity contribution in [1.29, 1.82) is 0 Å². The van der Waals surface area contributed by atoms with Crippen LogP contribution >= 0.6 is 22.4 Å². The zero-order valence-corrected chi connectivity index (χ0v) is 21.1. The van der Waals surface area contributed by atoms with E-state index in [-0.39, 0.29) is 0 Å². The number of aryl methyl sites for hydroxylation is 2. The van der Waals surface area contributed by atoms with Crippen LogP contribution < -0.4 is 4.90 Å². The molecule has 1 aliphatic heterocycles. The van der Waals surface area contributed by atoms with Gasteiger partial charge in [-0.2, -0.15) is 10.2 Å². The predicted molar refractivity (Wildman–Crippen MR) is 136 cm³/mol. The van der Waals surface area contributed by atoms with Gasteiger partial charge < -0.3 is 4.90 Å². The highest BCUT2D eigenvalue weighted by Crippen LogP contribution is 2.34. The van der Waals surface area contributed by atoms with Crippen molar-refractivity contribution in [3.63, 3.8) is 0 Å². The molecule has 2 atom stereocenters. The largest absolute Gasteiger partial charge is 0.359 e. The number of hydrogen-bond acceptors (Lipinski definition) is 5. The van der Waals surface area contributed by atoms with Gasteiger partial charge in [-0.25, -0.2) is 9.50 Å². The molecule has 1 saturated heterocycles. The van der Waals surface area contributed by atoms with Gasteiger partial charge in [-0.3, -0.25) is 9.27 Å². The molecule has 2 unspecified atom stereocenters. The second-order valence-corrected chi connectivity index (χ2v) is 9.55. The number of anilines is 1. The minimum atomic E-state index is 0.636. The van der Waals surface area contributed by atoms with E-state index in [9.17, 15) is 0 Å². The molecule has 0 amide bonds. The van der Waals surface area contributed by atoms with Crippen LogP contribution in [0, 0.1) is 18.8 Å². The van der Waals surface area contributed by atoms with Crippen molar-refractivity contribution in [1.82, 2.24) is 34.1 Å². The number of imidazole rings is 1. The van der Waals surface area contributed by atoms with Crippen LogP contribution in [0.4, 0.5) is 5.82 Å². The van der Waals surface area contributed by atoms with Gasteiger partial charge in [-0.05, 0) is 49.8 Å². The van der Waals surface area contributed by atoms with Gasteiger partial charge in [-0.1, -0.05) is 13.8 Å². The minimum absolute atomic E-state index is 0.636. The molecule has 1 aliphatic rings. The van der Waals surface area contributed by atoms with Crippen molar-refractivity contribution in [2.75, 3.05) is 18.0 Å². The Kier molecular flexibility index (Phi) is 5.73. The fraction of sp³-hybridized carbons (Fsp3) is 0.455. The predicted octanol–water partition coefficient (Wildman–Crippen LogP) is 3.99. The quantitative estimate of drug-likeness (QED) is 0.289. The van der Waals surface area contributed by atoms with Crippen molar-refractivity contribution >= 4 is 39.0 Å². The molecule has 4 aromatic heterocycles. The lowest BCUT2D eigenvalue weighted by molar-refractivity contribution is 0.498. The zero-order chi connectivity index (χ0) is 22.4. The number of hydrogen-bond donors (Lipinski definition) is 0. The average Bonchev–Trinajstić information content (AvgIpc) is 3.47. The van der Waals surface area contributed by atoms with Gasteiger partial charge in [0.25, 0.3) is 0 Å².